The molecule has 1 unspecified atom stereocenters. The summed E-state index contributed by atoms with van der Waals surface area (Å²) in [5.41, 5.74) is 0.258. The predicted octanol–water partition coefficient (Wildman–Crippen LogP) is 2.60. The Labute approximate surface area is 126 Å². The molecule has 0 aliphatic carbocycles. The Morgan fingerprint density at radius 3 is 2.71 bits per heavy atom. The molecule has 1 saturated heterocycles. The molecule has 2 N–H and O–H groups in total. The smallest absolute Gasteiger partial charge is 0.422 e. The van der Waals surface area contributed by atoms with E-state index >= 15 is 0 Å². The maximum Gasteiger partial charge on any atom is 0.422 e. The van der Waals surface area contributed by atoms with Gasteiger partial charge in [0.25, 0.3) is 0 Å². The summed E-state index contributed by atoms with van der Waals surface area (Å²) in [6.07, 6.45) is -3.69. The summed E-state index contributed by atoms with van der Waals surface area (Å²) in [7, 11) is 0. The van der Waals surface area contributed by atoms with Crippen LogP contribution in [0.1, 0.15) is 6.42 Å². The molecule has 1 aliphatic heterocycles. The van der Waals surface area contributed by atoms with Crippen molar-refractivity contribution in [3.05, 3.63) is 24.3 Å². The Hall–Kier alpha value is -1.47. The third-order valence-corrected chi connectivity index (χ3v) is 2.97. The fourth-order valence-corrected chi connectivity index (χ4v) is 1.97. The molecule has 4 nitrogen and oxygen atoms in total. The van der Waals surface area contributed by atoms with Crippen molar-refractivity contribution in [3.63, 3.8) is 0 Å². The van der Waals surface area contributed by atoms with Gasteiger partial charge in [-0.1, -0.05) is 12.1 Å². The Bertz CT molecular complexity index is 477. The van der Waals surface area contributed by atoms with Crippen LogP contribution >= 0.6 is 12.4 Å². The van der Waals surface area contributed by atoms with Gasteiger partial charge in [0.1, 0.15) is 5.75 Å². The summed E-state index contributed by atoms with van der Waals surface area (Å²) in [6.45, 7) is -0.0351. The number of carbonyl (C=O) groups is 1. The zero-order valence-electron chi connectivity index (χ0n) is 11.1. The highest BCUT2D eigenvalue weighted by Gasteiger charge is 2.29. The minimum absolute atomic E-state index is 0. The van der Waals surface area contributed by atoms with Gasteiger partial charge in [-0.2, -0.15) is 13.2 Å². The van der Waals surface area contributed by atoms with Gasteiger partial charge in [-0.05, 0) is 25.1 Å². The van der Waals surface area contributed by atoms with Crippen molar-refractivity contribution in [1.29, 1.82) is 0 Å². The van der Waals surface area contributed by atoms with Crippen molar-refractivity contribution in [2.45, 2.75) is 12.6 Å². The molecular weight excluding hydrogens is 309 g/mol. The monoisotopic (exact) mass is 324 g/mol. The number of rotatable bonds is 4. The van der Waals surface area contributed by atoms with Crippen LogP contribution < -0.4 is 15.4 Å². The molecule has 1 aromatic carbocycles. The SMILES string of the molecule is Cl.O=C(Nc1ccccc1OCC(F)(F)F)C1CCNC1. The van der Waals surface area contributed by atoms with Crippen LogP contribution in [0.3, 0.4) is 0 Å². The lowest BCUT2D eigenvalue weighted by Gasteiger charge is -2.15. The highest BCUT2D eigenvalue weighted by atomic mass is 35.5. The van der Waals surface area contributed by atoms with Gasteiger partial charge in [-0.15, -0.1) is 12.4 Å². The van der Waals surface area contributed by atoms with E-state index in [4.69, 9.17) is 4.74 Å². The first-order valence-electron chi connectivity index (χ1n) is 6.26. The van der Waals surface area contributed by atoms with Crippen LogP contribution in [0.25, 0.3) is 0 Å². The average molecular weight is 325 g/mol. The number of ether oxygens (including phenoxy) is 1. The predicted molar refractivity (Wildman–Crippen MR) is 74.8 cm³/mol. The molecule has 0 bridgehead atoms. The highest BCUT2D eigenvalue weighted by Crippen LogP contribution is 2.27. The second kappa shape index (κ2) is 7.51. The number of hydrogen-bond donors (Lipinski definition) is 2. The van der Waals surface area contributed by atoms with E-state index in [1.165, 1.54) is 12.1 Å². The third kappa shape index (κ3) is 5.43. The number of anilines is 1. The molecule has 1 aromatic rings. The fourth-order valence-electron chi connectivity index (χ4n) is 1.97. The summed E-state index contributed by atoms with van der Waals surface area (Å²) in [4.78, 5) is 11.9. The van der Waals surface area contributed by atoms with E-state index in [0.717, 1.165) is 13.0 Å². The quantitative estimate of drug-likeness (QED) is 0.895. The van der Waals surface area contributed by atoms with E-state index in [2.05, 4.69) is 10.6 Å². The van der Waals surface area contributed by atoms with E-state index in [1.807, 2.05) is 0 Å². The van der Waals surface area contributed by atoms with Crippen molar-refractivity contribution in [2.24, 2.45) is 5.92 Å². The first kappa shape index (κ1) is 17.6. The molecule has 0 spiro atoms. The van der Waals surface area contributed by atoms with E-state index in [0.29, 0.717) is 6.54 Å². The number of nitrogens with one attached hydrogen (secondary N) is 2. The van der Waals surface area contributed by atoms with Gasteiger partial charge in [-0.3, -0.25) is 4.79 Å². The molecular formula is C13H16ClF3N2O2. The number of para-hydroxylation sites is 2. The van der Waals surface area contributed by atoms with E-state index in [-0.39, 0.29) is 35.7 Å². The molecule has 2 rings (SSSR count). The highest BCUT2D eigenvalue weighted by molar-refractivity contribution is 5.94. The topological polar surface area (TPSA) is 50.4 Å². The standard InChI is InChI=1S/C13H15F3N2O2.ClH/c14-13(15,16)8-20-11-4-2-1-3-10(11)18-12(19)9-5-6-17-7-9;/h1-4,9,17H,5-8H2,(H,18,19);1H. The molecule has 21 heavy (non-hydrogen) atoms. The summed E-state index contributed by atoms with van der Waals surface area (Å²) in [5.74, 6) is -0.354. The Kier molecular flexibility index (Phi) is 6.29. The Balaban J connectivity index is 0.00000220. The van der Waals surface area contributed by atoms with Crippen LogP contribution in [-0.4, -0.2) is 31.8 Å². The second-order valence-electron chi connectivity index (χ2n) is 4.58. The Morgan fingerprint density at radius 2 is 2.10 bits per heavy atom. The number of carbonyl (C=O) groups excluding carboxylic acids is 1. The Morgan fingerprint density at radius 1 is 1.38 bits per heavy atom. The van der Waals surface area contributed by atoms with Crippen LogP contribution in [0.5, 0.6) is 5.75 Å². The van der Waals surface area contributed by atoms with E-state index < -0.39 is 12.8 Å². The van der Waals surface area contributed by atoms with Crippen LogP contribution in [-0.2, 0) is 4.79 Å². The second-order valence-corrected chi connectivity index (χ2v) is 4.58. The first-order valence-corrected chi connectivity index (χ1v) is 6.26. The van der Waals surface area contributed by atoms with Gasteiger partial charge in [0.15, 0.2) is 6.61 Å². The minimum Gasteiger partial charge on any atom is -0.482 e. The number of alkyl halides is 3. The van der Waals surface area contributed by atoms with Gasteiger partial charge in [0.05, 0.1) is 11.6 Å². The minimum atomic E-state index is -4.41. The molecule has 0 saturated carbocycles. The first-order chi connectivity index (χ1) is 9.46. The average Bonchev–Trinajstić information content (AvgIpc) is 2.90. The van der Waals surface area contributed by atoms with Gasteiger partial charge in [0.2, 0.25) is 5.91 Å². The van der Waals surface area contributed by atoms with Crippen molar-refractivity contribution >= 4 is 24.0 Å². The zero-order chi connectivity index (χ0) is 14.6. The van der Waals surface area contributed by atoms with E-state index in [9.17, 15) is 18.0 Å². The van der Waals surface area contributed by atoms with Gasteiger partial charge in [-0.25, -0.2) is 0 Å². The molecule has 1 heterocycles. The normalized spacial score (nSPS) is 18.0. The molecule has 8 heteroatoms. The van der Waals surface area contributed by atoms with Crippen LogP contribution in [0, 0.1) is 5.92 Å². The van der Waals surface area contributed by atoms with E-state index in [1.54, 1.807) is 12.1 Å². The number of halogens is 4. The molecule has 0 aromatic heterocycles. The lowest BCUT2D eigenvalue weighted by molar-refractivity contribution is -0.153. The number of hydrogen-bond acceptors (Lipinski definition) is 3. The molecule has 1 fully saturated rings. The van der Waals surface area contributed by atoms with Crippen molar-refractivity contribution in [2.75, 3.05) is 25.0 Å². The fraction of sp³-hybridized carbons (Fsp3) is 0.462. The summed E-state index contributed by atoms with van der Waals surface area (Å²) in [5, 5.41) is 5.68. The number of benzene rings is 1. The molecule has 1 aliphatic rings. The van der Waals surface area contributed by atoms with Gasteiger partial charge >= 0.3 is 6.18 Å². The van der Waals surface area contributed by atoms with Crippen molar-refractivity contribution in [1.82, 2.24) is 5.32 Å². The van der Waals surface area contributed by atoms with Gasteiger partial charge < -0.3 is 15.4 Å². The van der Waals surface area contributed by atoms with Crippen LogP contribution in [0.2, 0.25) is 0 Å². The van der Waals surface area contributed by atoms with Crippen LogP contribution in [0.15, 0.2) is 24.3 Å². The van der Waals surface area contributed by atoms with Crippen LogP contribution in [0.4, 0.5) is 18.9 Å². The van der Waals surface area contributed by atoms with Crippen molar-refractivity contribution < 1.29 is 22.7 Å². The number of amides is 1. The zero-order valence-corrected chi connectivity index (χ0v) is 11.9. The van der Waals surface area contributed by atoms with Crippen molar-refractivity contribution in [3.8, 4) is 5.75 Å². The lowest BCUT2D eigenvalue weighted by atomic mass is 10.1. The third-order valence-electron chi connectivity index (χ3n) is 2.97. The maximum absolute atomic E-state index is 12.2. The molecule has 1 atom stereocenters. The summed E-state index contributed by atoms with van der Waals surface area (Å²) >= 11 is 0. The summed E-state index contributed by atoms with van der Waals surface area (Å²) < 4.78 is 41.2. The molecule has 118 valence electrons. The lowest BCUT2D eigenvalue weighted by Crippen LogP contribution is -2.25. The largest absolute Gasteiger partial charge is 0.482 e. The van der Waals surface area contributed by atoms with Gasteiger partial charge in [0, 0.05) is 6.54 Å². The maximum atomic E-state index is 12.2. The molecule has 1 amide bonds. The molecule has 0 radical (unpaired) electrons. The summed E-state index contributed by atoms with van der Waals surface area (Å²) in [6, 6.07) is 6.10.